The molecule has 0 radical (unpaired) electrons. The van der Waals surface area contributed by atoms with Crippen molar-refractivity contribution in [2.75, 3.05) is 0 Å². The first kappa shape index (κ1) is 33.2. The minimum absolute atomic E-state index is 0.00143. The molecule has 0 bridgehead atoms. The van der Waals surface area contributed by atoms with E-state index >= 15 is 4.79 Å². The SMILES string of the molecule is C=C(C)C1=C(C)CC2(C)CC3(C)CC4=C(C(C)C)CC(c5cccc(CC6CCC(C)CC6)c5)C(C)=C4C(=O)C3=C(C)C2(C)C1=C. The van der Waals surface area contributed by atoms with Gasteiger partial charge in [-0.3, -0.25) is 4.79 Å². The molecule has 2 saturated carbocycles. The molecule has 1 heteroatoms. The normalized spacial score (nSPS) is 35.1. The Labute approximate surface area is 281 Å². The van der Waals surface area contributed by atoms with Crippen LogP contribution in [0.25, 0.3) is 0 Å². The maximum Gasteiger partial charge on any atom is 0.189 e. The molecule has 0 aliphatic heterocycles. The first-order chi connectivity index (χ1) is 21.5. The maximum atomic E-state index is 15.2. The highest BCUT2D eigenvalue weighted by atomic mass is 16.1. The van der Waals surface area contributed by atoms with E-state index in [1.165, 1.54) is 76.7 Å². The van der Waals surface area contributed by atoms with Crippen molar-refractivity contribution < 1.29 is 4.79 Å². The van der Waals surface area contributed by atoms with Crippen LogP contribution in [-0.4, -0.2) is 5.78 Å². The van der Waals surface area contributed by atoms with Crippen LogP contribution in [0.3, 0.4) is 0 Å². The van der Waals surface area contributed by atoms with E-state index in [0.29, 0.717) is 11.7 Å². The van der Waals surface area contributed by atoms with Crippen LogP contribution in [0.1, 0.15) is 138 Å². The molecule has 1 aromatic carbocycles. The van der Waals surface area contributed by atoms with Crippen LogP contribution in [0.5, 0.6) is 0 Å². The fourth-order valence-corrected chi connectivity index (χ4v) is 11.4. The molecular weight excluding hydrogens is 556 g/mol. The second kappa shape index (κ2) is 11.5. The molecule has 6 rings (SSSR count). The summed E-state index contributed by atoms with van der Waals surface area (Å²) in [4.78, 5) is 15.2. The molecule has 4 atom stereocenters. The van der Waals surface area contributed by atoms with E-state index in [2.05, 4.69) is 100 Å². The average molecular weight is 617 g/mol. The Bertz CT molecular complexity index is 1640. The molecule has 0 heterocycles. The Kier molecular flexibility index (Phi) is 8.30. The largest absolute Gasteiger partial charge is 0.289 e. The predicted octanol–water partition coefficient (Wildman–Crippen LogP) is 12.4. The summed E-state index contributed by atoms with van der Waals surface area (Å²) in [6.07, 6.45) is 10.7. The molecule has 0 spiro atoms. The van der Waals surface area contributed by atoms with Crippen LogP contribution in [0.4, 0.5) is 0 Å². The van der Waals surface area contributed by atoms with Gasteiger partial charge in [0.1, 0.15) is 0 Å². The van der Waals surface area contributed by atoms with Gasteiger partial charge in [0.25, 0.3) is 0 Å². The third-order valence-electron chi connectivity index (χ3n) is 13.9. The summed E-state index contributed by atoms with van der Waals surface area (Å²) in [5.41, 5.74) is 14.8. The van der Waals surface area contributed by atoms with Crippen LogP contribution in [-0.2, 0) is 11.2 Å². The molecule has 4 unspecified atom stereocenters. The Morgan fingerprint density at radius 3 is 2.33 bits per heavy atom. The average Bonchev–Trinajstić information content (AvgIpc) is 2.96. The number of hydrogen-bond donors (Lipinski definition) is 0. The predicted molar refractivity (Wildman–Crippen MR) is 196 cm³/mol. The molecule has 1 aromatic rings. The lowest BCUT2D eigenvalue weighted by atomic mass is 9.41. The van der Waals surface area contributed by atoms with Gasteiger partial charge in [0.2, 0.25) is 0 Å². The van der Waals surface area contributed by atoms with E-state index in [9.17, 15) is 0 Å². The molecular formula is C45H60O. The number of carbonyl (C=O) groups is 1. The lowest BCUT2D eigenvalue weighted by Gasteiger charge is -2.62. The molecule has 0 N–H and O–H groups in total. The van der Waals surface area contributed by atoms with E-state index in [0.717, 1.165) is 59.8 Å². The number of rotatable bonds is 5. The van der Waals surface area contributed by atoms with Gasteiger partial charge in [-0.1, -0.05) is 120 Å². The fraction of sp³-hybridized carbons (Fsp3) is 0.578. The number of allylic oxidation sites excluding steroid dienone is 10. The summed E-state index contributed by atoms with van der Waals surface area (Å²) in [6.45, 7) is 32.4. The van der Waals surface area contributed by atoms with E-state index in [4.69, 9.17) is 6.58 Å². The number of ketones is 1. The van der Waals surface area contributed by atoms with Crippen molar-refractivity contribution in [2.24, 2.45) is 34.0 Å². The third-order valence-corrected chi connectivity index (χ3v) is 13.9. The second-order valence-corrected chi connectivity index (χ2v) is 17.6. The molecule has 246 valence electrons. The standard InChI is InChI=1S/C45H60O/c1-26(2)36-22-37(35-15-13-14-34(21-35)20-33-18-16-28(5)17-19-33)30(7)40-38(36)24-43(10)25-44(11)23-29(6)39(27(3)4)31(8)45(44,12)32(9)41(43)42(40)46/h13-15,21,26,28,33,37H,3,8,16-20,22-25H2,1-2,4-7,9-12H3. The maximum absolute atomic E-state index is 15.2. The molecule has 2 fully saturated rings. The summed E-state index contributed by atoms with van der Waals surface area (Å²) >= 11 is 0. The first-order valence-electron chi connectivity index (χ1n) is 18.4. The Morgan fingerprint density at radius 2 is 1.70 bits per heavy atom. The van der Waals surface area contributed by atoms with E-state index in [1.807, 2.05) is 0 Å². The Balaban J connectivity index is 1.45. The van der Waals surface area contributed by atoms with Crippen LogP contribution in [0.15, 0.2) is 93.2 Å². The number of Topliss-reactive ketones (excluding diaryl/α,β-unsaturated/α-hetero) is 1. The monoisotopic (exact) mass is 616 g/mol. The molecule has 0 aromatic heterocycles. The van der Waals surface area contributed by atoms with Crippen molar-refractivity contribution in [1.82, 2.24) is 0 Å². The summed E-state index contributed by atoms with van der Waals surface area (Å²) in [7, 11) is 0. The van der Waals surface area contributed by atoms with Crippen molar-refractivity contribution >= 4 is 5.78 Å². The zero-order valence-electron chi connectivity index (χ0n) is 30.8. The summed E-state index contributed by atoms with van der Waals surface area (Å²) in [5, 5.41) is 0. The minimum atomic E-state index is -0.277. The van der Waals surface area contributed by atoms with Gasteiger partial charge in [-0.25, -0.2) is 0 Å². The summed E-state index contributed by atoms with van der Waals surface area (Å²) < 4.78 is 0. The van der Waals surface area contributed by atoms with Crippen molar-refractivity contribution in [3.63, 3.8) is 0 Å². The number of benzene rings is 1. The van der Waals surface area contributed by atoms with Gasteiger partial charge in [-0.15, -0.1) is 0 Å². The van der Waals surface area contributed by atoms with E-state index in [1.54, 1.807) is 0 Å². The van der Waals surface area contributed by atoms with Crippen molar-refractivity contribution in [3.05, 3.63) is 104 Å². The van der Waals surface area contributed by atoms with E-state index in [-0.39, 0.29) is 22.2 Å². The van der Waals surface area contributed by atoms with Crippen LogP contribution in [0.2, 0.25) is 0 Å². The molecule has 0 saturated heterocycles. The van der Waals surface area contributed by atoms with Gasteiger partial charge < -0.3 is 0 Å². The molecule has 46 heavy (non-hydrogen) atoms. The lowest BCUT2D eigenvalue weighted by Crippen LogP contribution is -2.53. The number of fused-ring (bicyclic) bond motifs is 3. The van der Waals surface area contributed by atoms with Gasteiger partial charge in [0, 0.05) is 27.9 Å². The summed E-state index contributed by atoms with van der Waals surface area (Å²) in [6, 6.07) is 9.44. The quantitative estimate of drug-likeness (QED) is 0.322. The fourth-order valence-electron chi connectivity index (χ4n) is 11.4. The van der Waals surface area contributed by atoms with Gasteiger partial charge in [-0.2, -0.15) is 0 Å². The topological polar surface area (TPSA) is 17.1 Å². The van der Waals surface area contributed by atoms with Gasteiger partial charge >= 0.3 is 0 Å². The van der Waals surface area contributed by atoms with Gasteiger partial charge in [-0.05, 0) is 124 Å². The molecule has 0 amide bonds. The van der Waals surface area contributed by atoms with Crippen molar-refractivity contribution in [3.8, 4) is 0 Å². The summed E-state index contributed by atoms with van der Waals surface area (Å²) in [5.74, 6) is 2.66. The van der Waals surface area contributed by atoms with Gasteiger partial charge in [0.05, 0.1) is 0 Å². The number of carbonyl (C=O) groups excluding carboxylic acids is 1. The minimum Gasteiger partial charge on any atom is -0.289 e. The van der Waals surface area contributed by atoms with Crippen LogP contribution >= 0.6 is 0 Å². The highest BCUT2D eigenvalue weighted by Crippen LogP contribution is 2.70. The molecule has 1 nitrogen and oxygen atoms in total. The molecule has 5 aliphatic carbocycles. The Morgan fingerprint density at radius 1 is 1.02 bits per heavy atom. The highest BCUT2D eigenvalue weighted by Gasteiger charge is 2.61. The van der Waals surface area contributed by atoms with Crippen LogP contribution < -0.4 is 0 Å². The molecule has 5 aliphatic rings. The second-order valence-electron chi connectivity index (χ2n) is 17.6. The highest BCUT2D eigenvalue weighted by molar-refractivity contribution is 6.15. The lowest BCUT2D eigenvalue weighted by molar-refractivity contribution is -0.115. The van der Waals surface area contributed by atoms with Crippen LogP contribution in [0, 0.1) is 34.0 Å². The zero-order valence-corrected chi connectivity index (χ0v) is 30.8. The van der Waals surface area contributed by atoms with E-state index < -0.39 is 0 Å². The van der Waals surface area contributed by atoms with Crippen molar-refractivity contribution in [2.45, 2.75) is 133 Å². The van der Waals surface area contributed by atoms with Crippen molar-refractivity contribution in [1.29, 1.82) is 0 Å². The Hall–Kier alpha value is -2.67. The zero-order chi connectivity index (χ0) is 33.5. The van der Waals surface area contributed by atoms with Gasteiger partial charge in [0.15, 0.2) is 5.78 Å². The first-order valence-corrected chi connectivity index (χ1v) is 18.4. The third kappa shape index (κ3) is 4.97. The number of hydrogen-bond acceptors (Lipinski definition) is 1. The smallest absolute Gasteiger partial charge is 0.189 e.